The van der Waals surface area contributed by atoms with Crippen LogP contribution >= 0.6 is 11.8 Å². The molecule has 4 rings (SSSR count). The summed E-state index contributed by atoms with van der Waals surface area (Å²) in [6.07, 6.45) is 4.93. The number of anilines is 2. The molecule has 0 radical (unpaired) electrons. The summed E-state index contributed by atoms with van der Waals surface area (Å²) >= 11 is 1.41. The highest BCUT2D eigenvalue weighted by Crippen LogP contribution is 2.29. The fraction of sp³-hybridized carbons (Fsp3) is 0.286. The molecular formula is C21H21FN6O3S. The van der Waals surface area contributed by atoms with Crippen LogP contribution in [0.15, 0.2) is 52.7 Å². The van der Waals surface area contributed by atoms with Crippen molar-refractivity contribution in [2.75, 3.05) is 23.1 Å². The summed E-state index contributed by atoms with van der Waals surface area (Å²) in [6, 6.07) is 7.24. The molecule has 11 heteroatoms. The maximum atomic E-state index is 13.2. The van der Waals surface area contributed by atoms with Gasteiger partial charge in [0.05, 0.1) is 6.04 Å². The predicted octanol–water partition coefficient (Wildman–Crippen LogP) is 4.43. The Balaban J connectivity index is 1.54. The second-order valence-corrected chi connectivity index (χ2v) is 8.16. The molecule has 2 aromatic heterocycles. The van der Waals surface area contributed by atoms with Gasteiger partial charge in [-0.15, -0.1) is 11.8 Å². The number of allylic oxidation sites excluding steroid dienone is 1. The van der Waals surface area contributed by atoms with Gasteiger partial charge in [0.2, 0.25) is 11.8 Å². The lowest BCUT2D eigenvalue weighted by molar-refractivity contribution is 0.179. The van der Waals surface area contributed by atoms with Gasteiger partial charge in [0.15, 0.2) is 5.37 Å². The van der Waals surface area contributed by atoms with Crippen LogP contribution in [-0.2, 0) is 4.74 Å². The summed E-state index contributed by atoms with van der Waals surface area (Å²) in [5.74, 6) is 1.03. The Kier molecular flexibility index (Phi) is 6.35. The number of cyclic esters (lactones) is 1. The van der Waals surface area contributed by atoms with E-state index in [1.807, 2.05) is 26.2 Å². The Bertz CT molecular complexity index is 1130. The first-order valence-electron chi connectivity index (χ1n) is 9.77. The van der Waals surface area contributed by atoms with Gasteiger partial charge in [0.1, 0.15) is 18.2 Å². The van der Waals surface area contributed by atoms with Crippen LogP contribution in [0.2, 0.25) is 0 Å². The van der Waals surface area contributed by atoms with Crippen molar-refractivity contribution in [2.45, 2.75) is 25.3 Å². The highest BCUT2D eigenvalue weighted by molar-refractivity contribution is 7.98. The molecule has 1 fully saturated rings. The number of benzene rings is 1. The highest BCUT2D eigenvalue weighted by Gasteiger charge is 2.34. The normalized spacial score (nSPS) is 16.6. The van der Waals surface area contributed by atoms with E-state index in [-0.39, 0.29) is 18.5 Å². The van der Waals surface area contributed by atoms with Gasteiger partial charge in [0.25, 0.3) is 5.89 Å². The van der Waals surface area contributed by atoms with Crippen molar-refractivity contribution in [2.24, 2.45) is 0 Å². The number of amides is 1. The average molecular weight is 457 g/mol. The van der Waals surface area contributed by atoms with Crippen molar-refractivity contribution < 1.29 is 18.4 Å². The number of hydrogen-bond acceptors (Lipinski definition) is 9. The van der Waals surface area contributed by atoms with E-state index in [4.69, 9.17) is 9.26 Å². The van der Waals surface area contributed by atoms with Crippen LogP contribution in [0.3, 0.4) is 0 Å². The van der Waals surface area contributed by atoms with Crippen LogP contribution in [0.25, 0.3) is 11.4 Å². The molecule has 1 aliphatic rings. The second kappa shape index (κ2) is 9.35. The van der Waals surface area contributed by atoms with E-state index in [1.54, 1.807) is 24.4 Å². The Morgan fingerprint density at radius 1 is 1.28 bits per heavy atom. The number of aromatic nitrogens is 4. The standard InChI is InChI=1S/C21H21FN6O3S/c1-12(2)10-15-11-30-21(29)28(15)16-8-9-23-20(24-16)26-19(32-3)18-25-17(27-31-18)13-4-6-14(22)7-5-13/h4-10,15,19H,11H2,1-3H3,(H,23,24,26). The highest BCUT2D eigenvalue weighted by atomic mass is 32.2. The predicted molar refractivity (Wildman–Crippen MR) is 119 cm³/mol. The molecule has 0 bridgehead atoms. The van der Waals surface area contributed by atoms with Crippen molar-refractivity contribution in [3.8, 4) is 11.4 Å². The first-order valence-corrected chi connectivity index (χ1v) is 11.1. The molecule has 2 unspecified atom stereocenters. The van der Waals surface area contributed by atoms with Crippen molar-refractivity contribution >= 4 is 29.6 Å². The van der Waals surface area contributed by atoms with Crippen LogP contribution in [0.5, 0.6) is 0 Å². The average Bonchev–Trinajstić information content (AvgIpc) is 3.39. The number of nitrogens with zero attached hydrogens (tertiary/aromatic N) is 5. The number of rotatable bonds is 7. The van der Waals surface area contributed by atoms with Gasteiger partial charge < -0.3 is 14.6 Å². The van der Waals surface area contributed by atoms with Crippen LogP contribution in [0, 0.1) is 5.82 Å². The van der Waals surface area contributed by atoms with E-state index in [2.05, 4.69) is 25.4 Å². The zero-order chi connectivity index (χ0) is 22.7. The minimum Gasteiger partial charge on any atom is -0.447 e. The molecule has 166 valence electrons. The van der Waals surface area contributed by atoms with E-state index in [0.717, 1.165) is 5.57 Å². The van der Waals surface area contributed by atoms with E-state index in [0.29, 0.717) is 29.0 Å². The molecule has 0 aliphatic carbocycles. The van der Waals surface area contributed by atoms with Crippen LogP contribution < -0.4 is 10.2 Å². The molecular weight excluding hydrogens is 435 g/mol. The maximum absolute atomic E-state index is 13.2. The van der Waals surface area contributed by atoms with Gasteiger partial charge in [-0.2, -0.15) is 9.97 Å². The van der Waals surface area contributed by atoms with Crippen molar-refractivity contribution in [1.29, 1.82) is 0 Å². The van der Waals surface area contributed by atoms with Crippen LogP contribution in [-0.4, -0.2) is 45.1 Å². The topological polar surface area (TPSA) is 106 Å². The Hall–Kier alpha value is -3.47. The molecule has 0 saturated carbocycles. The molecule has 3 aromatic rings. The third-order valence-corrected chi connectivity index (χ3v) is 5.37. The Morgan fingerprint density at radius 3 is 2.78 bits per heavy atom. The summed E-state index contributed by atoms with van der Waals surface area (Å²) < 4.78 is 23.8. The van der Waals surface area contributed by atoms with Gasteiger partial charge in [-0.05, 0) is 50.4 Å². The van der Waals surface area contributed by atoms with Gasteiger partial charge >= 0.3 is 6.09 Å². The molecule has 1 amide bonds. The smallest absolute Gasteiger partial charge is 0.416 e. The molecule has 2 atom stereocenters. The molecule has 0 spiro atoms. The Labute approximate surface area is 188 Å². The lowest BCUT2D eigenvalue weighted by Gasteiger charge is -2.19. The van der Waals surface area contributed by atoms with E-state index < -0.39 is 11.5 Å². The van der Waals surface area contributed by atoms with Gasteiger partial charge in [0, 0.05) is 11.8 Å². The zero-order valence-corrected chi connectivity index (χ0v) is 18.5. The third kappa shape index (κ3) is 4.72. The maximum Gasteiger partial charge on any atom is 0.416 e. The molecule has 1 aliphatic heterocycles. The van der Waals surface area contributed by atoms with Crippen LogP contribution in [0.4, 0.5) is 21.0 Å². The number of carbonyl (C=O) groups is 1. The molecule has 1 aromatic carbocycles. The number of hydrogen-bond donors (Lipinski definition) is 1. The molecule has 1 saturated heterocycles. The minimum atomic E-state index is -0.459. The molecule has 9 nitrogen and oxygen atoms in total. The monoisotopic (exact) mass is 456 g/mol. The summed E-state index contributed by atoms with van der Waals surface area (Å²) in [5, 5.41) is 6.68. The fourth-order valence-corrected chi connectivity index (χ4v) is 3.68. The summed E-state index contributed by atoms with van der Waals surface area (Å²) in [5.41, 5.74) is 1.71. The van der Waals surface area contributed by atoms with Gasteiger partial charge in [-0.25, -0.2) is 14.2 Å². The number of thioether (sulfide) groups is 1. The van der Waals surface area contributed by atoms with Crippen molar-refractivity contribution in [1.82, 2.24) is 20.1 Å². The largest absolute Gasteiger partial charge is 0.447 e. The molecule has 1 N–H and O–H groups in total. The number of carbonyl (C=O) groups excluding carboxylic acids is 1. The van der Waals surface area contributed by atoms with Gasteiger partial charge in [-0.3, -0.25) is 4.90 Å². The second-order valence-electron chi connectivity index (χ2n) is 7.22. The van der Waals surface area contributed by atoms with E-state index in [9.17, 15) is 9.18 Å². The summed E-state index contributed by atoms with van der Waals surface area (Å²) in [7, 11) is 0. The zero-order valence-electron chi connectivity index (χ0n) is 17.7. The SMILES string of the molecule is CSC(Nc1nccc(N2C(=O)OCC2C=C(C)C)n1)c1nc(-c2ccc(F)cc2)no1. The minimum absolute atomic E-state index is 0.235. The van der Waals surface area contributed by atoms with Gasteiger partial charge in [-0.1, -0.05) is 16.8 Å². The number of ether oxygens (including phenoxy) is 1. The lowest BCUT2D eigenvalue weighted by atomic mass is 10.2. The number of halogens is 1. The molecule has 32 heavy (non-hydrogen) atoms. The third-order valence-electron chi connectivity index (χ3n) is 4.58. The van der Waals surface area contributed by atoms with E-state index >= 15 is 0 Å². The Morgan fingerprint density at radius 2 is 2.06 bits per heavy atom. The van der Waals surface area contributed by atoms with Crippen molar-refractivity contribution in [3.63, 3.8) is 0 Å². The first kappa shape index (κ1) is 21.8. The number of nitrogens with one attached hydrogen (secondary N) is 1. The van der Waals surface area contributed by atoms with Crippen molar-refractivity contribution in [3.05, 3.63) is 59.9 Å². The fourth-order valence-electron chi connectivity index (χ4n) is 3.16. The van der Waals surface area contributed by atoms with Crippen LogP contribution in [0.1, 0.15) is 25.1 Å². The molecule has 3 heterocycles. The lowest BCUT2D eigenvalue weighted by Crippen LogP contribution is -2.33. The quantitative estimate of drug-likeness (QED) is 0.408. The van der Waals surface area contributed by atoms with E-state index in [1.165, 1.54) is 28.8 Å². The summed E-state index contributed by atoms with van der Waals surface area (Å²) in [4.78, 5) is 26.9. The summed E-state index contributed by atoms with van der Waals surface area (Å²) in [6.45, 7) is 4.18. The first-order chi connectivity index (χ1) is 15.4.